The number of hydrogen-bond donors (Lipinski definition) is 2. The molecule has 0 aliphatic carbocycles. The van der Waals surface area contributed by atoms with E-state index in [1.54, 1.807) is 0 Å². The van der Waals surface area contributed by atoms with Gasteiger partial charge in [-0.1, -0.05) is 0 Å². The van der Waals surface area contributed by atoms with Crippen LogP contribution >= 0.6 is 0 Å². The number of ether oxygens (including phenoxy) is 1. The lowest BCUT2D eigenvalue weighted by Gasteiger charge is -2.46. The van der Waals surface area contributed by atoms with Crippen molar-refractivity contribution in [3.63, 3.8) is 0 Å². The molecule has 1 aromatic carbocycles. The molecule has 1 saturated heterocycles. The highest BCUT2D eigenvalue weighted by Gasteiger charge is 2.61. The Kier molecular flexibility index (Phi) is 4.68. The molecule has 0 unspecified atom stereocenters. The van der Waals surface area contributed by atoms with Crippen LogP contribution in [0.2, 0.25) is 0 Å². The Morgan fingerprint density at radius 2 is 1.93 bits per heavy atom. The summed E-state index contributed by atoms with van der Waals surface area (Å²) >= 11 is 0. The van der Waals surface area contributed by atoms with Crippen molar-refractivity contribution < 1.29 is 36.0 Å². The van der Waals surface area contributed by atoms with Crippen molar-refractivity contribution in [2.24, 2.45) is 0 Å². The zero-order valence-corrected chi connectivity index (χ0v) is 14.8. The zero-order valence-electron chi connectivity index (χ0n) is 14.0. The summed E-state index contributed by atoms with van der Waals surface area (Å²) in [6.45, 7) is 0.502. The van der Waals surface area contributed by atoms with Crippen LogP contribution in [0.5, 0.6) is 5.75 Å². The molecule has 0 spiro atoms. The van der Waals surface area contributed by atoms with E-state index in [9.17, 15) is 26.7 Å². The first-order chi connectivity index (χ1) is 12.4. The quantitative estimate of drug-likeness (QED) is 0.740. The molecule has 1 fully saturated rings. The van der Waals surface area contributed by atoms with E-state index in [-0.39, 0.29) is 29.0 Å². The fraction of sp³-hybridized carbons (Fsp3) is 0.467. The van der Waals surface area contributed by atoms with Gasteiger partial charge in [0.05, 0.1) is 18.3 Å². The molecule has 2 heterocycles. The minimum atomic E-state index is -5.06. The molecule has 2 aromatic rings. The summed E-state index contributed by atoms with van der Waals surface area (Å²) in [6, 6.07) is 2.64. The second kappa shape index (κ2) is 6.46. The lowest BCUT2D eigenvalue weighted by molar-refractivity contribution is -0.283. The Morgan fingerprint density at radius 1 is 1.30 bits per heavy atom. The third-order valence-corrected chi connectivity index (χ3v) is 5.04. The van der Waals surface area contributed by atoms with E-state index in [4.69, 9.17) is 9.29 Å². The number of anilines is 1. The Balaban J connectivity index is 2.11. The van der Waals surface area contributed by atoms with Gasteiger partial charge in [0.25, 0.3) is 10.1 Å². The van der Waals surface area contributed by atoms with Gasteiger partial charge in [-0.05, 0) is 19.1 Å². The van der Waals surface area contributed by atoms with Crippen LogP contribution in [-0.2, 0) is 14.9 Å². The van der Waals surface area contributed by atoms with Crippen molar-refractivity contribution in [2.75, 3.05) is 23.7 Å². The first kappa shape index (κ1) is 19.6. The van der Waals surface area contributed by atoms with Crippen LogP contribution in [0.1, 0.15) is 6.92 Å². The molecule has 1 aliphatic heterocycles. The predicted molar refractivity (Wildman–Crippen MR) is 89.2 cm³/mol. The van der Waals surface area contributed by atoms with Crippen LogP contribution in [0, 0.1) is 0 Å². The van der Waals surface area contributed by atoms with Crippen molar-refractivity contribution in [1.29, 1.82) is 0 Å². The van der Waals surface area contributed by atoms with Gasteiger partial charge in [-0.15, -0.1) is 0 Å². The van der Waals surface area contributed by atoms with Gasteiger partial charge in [0, 0.05) is 18.9 Å². The largest absolute Gasteiger partial charge is 0.506 e. The van der Waals surface area contributed by atoms with E-state index >= 15 is 0 Å². The molecule has 2 atom stereocenters. The summed E-state index contributed by atoms with van der Waals surface area (Å²) in [5.41, 5.74) is -2.63. The first-order valence-electron chi connectivity index (χ1n) is 7.79. The van der Waals surface area contributed by atoms with Gasteiger partial charge in [0.15, 0.2) is 5.60 Å². The van der Waals surface area contributed by atoms with Crippen LogP contribution in [-0.4, -0.2) is 64.8 Å². The fourth-order valence-corrected chi connectivity index (χ4v) is 4.14. The molecule has 27 heavy (non-hydrogen) atoms. The third kappa shape index (κ3) is 3.77. The molecule has 8 nitrogen and oxygen atoms in total. The lowest BCUT2D eigenvalue weighted by atomic mass is 10.0. The molecular formula is C15H16F3N3O5S. The van der Waals surface area contributed by atoms with Gasteiger partial charge in [-0.2, -0.15) is 21.6 Å². The molecule has 148 valence electrons. The Labute approximate surface area is 152 Å². The van der Waals surface area contributed by atoms with Crippen molar-refractivity contribution in [3.05, 3.63) is 24.5 Å². The normalized spacial score (nSPS) is 24.3. The number of benzene rings is 1. The topological polar surface area (TPSA) is 113 Å². The van der Waals surface area contributed by atoms with E-state index in [0.717, 1.165) is 0 Å². The summed E-state index contributed by atoms with van der Waals surface area (Å²) in [5.74, 6) is -1.82. The minimum absolute atomic E-state index is 0.0136. The summed E-state index contributed by atoms with van der Waals surface area (Å²) in [4.78, 5) is 9.31. The van der Waals surface area contributed by atoms with Gasteiger partial charge in [-0.3, -0.25) is 9.54 Å². The average Bonchev–Trinajstić information content (AvgIpc) is 2.52. The van der Waals surface area contributed by atoms with Crippen molar-refractivity contribution in [1.82, 2.24) is 9.97 Å². The molecular weight excluding hydrogens is 391 g/mol. The van der Waals surface area contributed by atoms with Crippen LogP contribution in [0.4, 0.5) is 18.9 Å². The first-order valence-corrected chi connectivity index (χ1v) is 9.40. The molecule has 0 bridgehead atoms. The van der Waals surface area contributed by atoms with Crippen molar-refractivity contribution >= 4 is 26.8 Å². The third-order valence-electron chi connectivity index (χ3n) is 4.21. The number of morpholine rings is 1. The summed E-state index contributed by atoms with van der Waals surface area (Å²) in [5, 5.41) is 9.89. The lowest BCUT2D eigenvalue weighted by Crippen LogP contribution is -2.65. The number of phenolic OH excluding ortho intramolecular Hbond substituents is 1. The monoisotopic (exact) mass is 407 g/mol. The predicted octanol–water partition coefficient (Wildman–Crippen LogP) is 1.75. The minimum Gasteiger partial charge on any atom is -0.506 e. The number of rotatable bonds is 3. The van der Waals surface area contributed by atoms with Crippen molar-refractivity contribution in [2.45, 2.75) is 24.8 Å². The van der Waals surface area contributed by atoms with Crippen molar-refractivity contribution in [3.8, 4) is 5.75 Å². The molecule has 0 radical (unpaired) electrons. The number of fused-ring (bicyclic) bond motifs is 1. The molecule has 1 aliphatic rings. The molecule has 0 amide bonds. The Hall–Kier alpha value is -2.18. The van der Waals surface area contributed by atoms with E-state index in [1.165, 1.54) is 36.4 Å². The second-order valence-corrected chi connectivity index (χ2v) is 7.84. The Bertz CT molecular complexity index is 969. The highest BCUT2D eigenvalue weighted by Crippen LogP contribution is 2.41. The second-order valence-electron chi connectivity index (χ2n) is 6.38. The smallest absolute Gasteiger partial charge is 0.420 e. The molecule has 0 saturated carbocycles. The highest BCUT2D eigenvalue weighted by atomic mass is 32.2. The van der Waals surface area contributed by atoms with Gasteiger partial charge in [-0.25, -0.2) is 4.98 Å². The van der Waals surface area contributed by atoms with Crippen LogP contribution in [0.15, 0.2) is 24.5 Å². The van der Waals surface area contributed by atoms with Gasteiger partial charge in [0.1, 0.15) is 22.5 Å². The highest BCUT2D eigenvalue weighted by molar-refractivity contribution is 7.85. The Morgan fingerprint density at radius 3 is 2.52 bits per heavy atom. The van der Waals surface area contributed by atoms with Crippen LogP contribution in [0.3, 0.4) is 0 Å². The molecule has 1 aromatic heterocycles. The molecule has 2 N–H and O–H groups in total. The standard InChI is InChI=1S/C15H16F3N3O5S/c1-9-6-21(7-14(26-9,15(16,17)18)8-27(23,24)25)10-2-3-11(22)13-12(10)19-4-5-20-13/h2-5,9,22H,6-8H2,1H3,(H,23,24,25)/t9-,14+/m1/s1. The number of phenols is 1. The average molecular weight is 407 g/mol. The van der Waals surface area contributed by atoms with Gasteiger partial charge in [0.2, 0.25) is 0 Å². The SMILES string of the molecule is C[C@@H]1CN(c2ccc(O)c3nccnc23)C[C@](CS(=O)(=O)O)(C(F)(F)F)O1. The summed E-state index contributed by atoms with van der Waals surface area (Å²) in [6.07, 6.45) is -3.41. The number of hydrogen-bond acceptors (Lipinski definition) is 7. The number of aromatic nitrogens is 2. The van der Waals surface area contributed by atoms with Crippen LogP contribution < -0.4 is 4.90 Å². The summed E-state index contributed by atoms with van der Waals surface area (Å²) in [7, 11) is -4.98. The maximum absolute atomic E-state index is 13.8. The maximum Gasteiger partial charge on any atom is 0.420 e. The number of aromatic hydroxyl groups is 1. The zero-order chi connectivity index (χ0) is 20.0. The molecule has 12 heteroatoms. The van der Waals surface area contributed by atoms with E-state index in [1.807, 2.05) is 0 Å². The van der Waals surface area contributed by atoms with E-state index < -0.39 is 40.3 Å². The van der Waals surface area contributed by atoms with E-state index in [2.05, 4.69) is 9.97 Å². The van der Waals surface area contributed by atoms with Gasteiger partial charge >= 0.3 is 6.18 Å². The fourth-order valence-electron chi connectivity index (χ4n) is 3.22. The summed E-state index contributed by atoms with van der Waals surface area (Å²) < 4.78 is 77.9. The number of nitrogens with zero attached hydrogens (tertiary/aromatic N) is 3. The maximum atomic E-state index is 13.8. The van der Waals surface area contributed by atoms with Gasteiger partial charge < -0.3 is 14.7 Å². The molecule has 3 rings (SSSR count). The number of alkyl halides is 3. The van der Waals surface area contributed by atoms with E-state index in [0.29, 0.717) is 0 Å². The van der Waals surface area contributed by atoms with Crippen LogP contribution in [0.25, 0.3) is 11.0 Å². The number of halogens is 3.